The third-order valence-corrected chi connectivity index (χ3v) is 4.63. The normalized spacial score (nSPS) is 23.2. The highest BCUT2D eigenvalue weighted by Crippen LogP contribution is 2.19. The van der Waals surface area contributed by atoms with E-state index in [1.807, 2.05) is 30.3 Å². The minimum Gasteiger partial charge on any atom is -0.378 e. The van der Waals surface area contributed by atoms with E-state index in [1.54, 1.807) is 4.90 Å². The van der Waals surface area contributed by atoms with E-state index in [0.29, 0.717) is 19.5 Å². The van der Waals surface area contributed by atoms with E-state index in [4.69, 9.17) is 4.74 Å². The van der Waals surface area contributed by atoms with Crippen LogP contribution in [-0.2, 0) is 9.53 Å². The molecule has 2 saturated heterocycles. The number of hydrogen-bond donors (Lipinski definition) is 2. The van der Waals surface area contributed by atoms with Crippen molar-refractivity contribution in [1.29, 1.82) is 0 Å². The fraction of sp³-hybridized carbons (Fsp3) is 0.556. The molecule has 24 heavy (non-hydrogen) atoms. The molecule has 2 heterocycles. The van der Waals surface area contributed by atoms with Crippen molar-refractivity contribution in [3.05, 3.63) is 30.3 Å². The monoisotopic (exact) mass is 331 g/mol. The maximum atomic E-state index is 12.4. The first-order valence-corrected chi connectivity index (χ1v) is 8.76. The molecule has 0 saturated carbocycles. The van der Waals surface area contributed by atoms with Gasteiger partial charge in [-0.3, -0.25) is 4.79 Å². The van der Waals surface area contributed by atoms with Crippen LogP contribution in [0.1, 0.15) is 32.1 Å². The van der Waals surface area contributed by atoms with Gasteiger partial charge in [0.15, 0.2) is 0 Å². The number of ether oxygens (including phenoxy) is 1. The largest absolute Gasteiger partial charge is 0.378 e. The quantitative estimate of drug-likeness (QED) is 0.870. The second-order valence-corrected chi connectivity index (χ2v) is 6.36. The third-order valence-electron chi connectivity index (χ3n) is 4.63. The van der Waals surface area contributed by atoms with E-state index in [0.717, 1.165) is 38.0 Å². The summed E-state index contributed by atoms with van der Waals surface area (Å²) in [5.41, 5.74) is 0.743. The summed E-state index contributed by atoms with van der Waals surface area (Å²) in [5.74, 6) is -0.0614. The summed E-state index contributed by atoms with van der Waals surface area (Å²) in [7, 11) is 0. The lowest BCUT2D eigenvalue weighted by Gasteiger charge is -2.24. The summed E-state index contributed by atoms with van der Waals surface area (Å²) in [6.45, 7) is 2.05. The summed E-state index contributed by atoms with van der Waals surface area (Å²) < 4.78 is 5.56. The highest BCUT2D eigenvalue weighted by molar-refractivity contribution is 5.94. The number of carbonyl (C=O) groups excluding carboxylic acids is 2. The molecule has 1 aromatic rings. The molecule has 2 atom stereocenters. The van der Waals surface area contributed by atoms with Gasteiger partial charge >= 0.3 is 6.03 Å². The van der Waals surface area contributed by atoms with Crippen molar-refractivity contribution in [2.45, 2.75) is 44.2 Å². The topological polar surface area (TPSA) is 70.7 Å². The molecule has 130 valence electrons. The van der Waals surface area contributed by atoms with E-state index in [-0.39, 0.29) is 24.1 Å². The molecule has 2 N–H and O–H groups in total. The van der Waals surface area contributed by atoms with Gasteiger partial charge in [0, 0.05) is 25.4 Å². The summed E-state index contributed by atoms with van der Waals surface area (Å²) in [6.07, 6.45) is 4.86. The van der Waals surface area contributed by atoms with Gasteiger partial charge < -0.3 is 20.3 Å². The average molecular weight is 331 g/mol. The lowest BCUT2D eigenvalue weighted by Crippen LogP contribution is -2.47. The van der Waals surface area contributed by atoms with Crippen LogP contribution in [0.3, 0.4) is 0 Å². The fourth-order valence-corrected chi connectivity index (χ4v) is 3.35. The number of benzene rings is 1. The molecule has 2 fully saturated rings. The number of amides is 3. The van der Waals surface area contributed by atoms with Crippen LogP contribution in [0.4, 0.5) is 10.5 Å². The molecule has 2 aliphatic rings. The molecule has 0 aliphatic carbocycles. The van der Waals surface area contributed by atoms with Crippen LogP contribution in [0.5, 0.6) is 0 Å². The molecule has 0 spiro atoms. The van der Waals surface area contributed by atoms with E-state index in [9.17, 15) is 9.59 Å². The van der Waals surface area contributed by atoms with E-state index in [2.05, 4.69) is 10.6 Å². The molecule has 2 unspecified atom stereocenters. The fourth-order valence-electron chi connectivity index (χ4n) is 3.35. The summed E-state index contributed by atoms with van der Waals surface area (Å²) in [4.78, 5) is 26.5. The molecule has 6 nitrogen and oxygen atoms in total. The number of nitrogens with one attached hydrogen (secondary N) is 2. The maximum Gasteiger partial charge on any atom is 0.322 e. The number of anilines is 1. The number of urea groups is 1. The van der Waals surface area contributed by atoms with Gasteiger partial charge in [0.05, 0.1) is 6.10 Å². The number of nitrogens with zero attached hydrogens (tertiary/aromatic N) is 1. The van der Waals surface area contributed by atoms with Gasteiger partial charge in [0.2, 0.25) is 5.91 Å². The van der Waals surface area contributed by atoms with Gasteiger partial charge in [-0.2, -0.15) is 0 Å². The van der Waals surface area contributed by atoms with Crippen molar-refractivity contribution < 1.29 is 14.3 Å². The molecule has 3 amide bonds. The smallest absolute Gasteiger partial charge is 0.322 e. The Hall–Kier alpha value is -2.08. The number of carbonyl (C=O) groups is 2. The average Bonchev–Trinajstić information content (AvgIpc) is 3.27. The highest BCUT2D eigenvalue weighted by Gasteiger charge is 2.34. The van der Waals surface area contributed by atoms with Gasteiger partial charge in [-0.05, 0) is 44.2 Å². The Balaban J connectivity index is 1.48. The maximum absolute atomic E-state index is 12.4. The third kappa shape index (κ3) is 4.26. The predicted octanol–water partition coefficient (Wildman–Crippen LogP) is 2.37. The Morgan fingerprint density at radius 2 is 2.00 bits per heavy atom. The van der Waals surface area contributed by atoms with Crippen molar-refractivity contribution >= 4 is 17.6 Å². The van der Waals surface area contributed by atoms with Crippen molar-refractivity contribution in [2.24, 2.45) is 0 Å². The van der Waals surface area contributed by atoms with E-state index >= 15 is 0 Å². The summed E-state index contributed by atoms with van der Waals surface area (Å²) in [6, 6.07) is 8.73. The zero-order valence-corrected chi connectivity index (χ0v) is 13.9. The molecule has 6 heteroatoms. The highest BCUT2D eigenvalue weighted by atomic mass is 16.5. The van der Waals surface area contributed by atoms with Crippen LogP contribution in [-0.4, -0.2) is 48.7 Å². The number of likely N-dealkylation sites (tertiary alicyclic amines) is 1. The van der Waals surface area contributed by atoms with Gasteiger partial charge in [0.25, 0.3) is 0 Å². The lowest BCUT2D eigenvalue weighted by molar-refractivity contribution is -0.124. The standard InChI is InChI=1S/C18H25N3O3/c22-17(19-11-10-15-8-5-13-24-15)16-9-4-12-21(16)18(23)20-14-6-2-1-3-7-14/h1-3,6-7,15-16H,4-5,8-13H2,(H,19,22)(H,20,23). The minimum atomic E-state index is -0.377. The molecule has 0 aromatic heterocycles. The van der Waals surface area contributed by atoms with E-state index < -0.39 is 0 Å². The molecule has 0 bridgehead atoms. The summed E-state index contributed by atoms with van der Waals surface area (Å²) in [5, 5.41) is 5.82. The Morgan fingerprint density at radius 3 is 2.75 bits per heavy atom. The molecule has 3 rings (SSSR count). The van der Waals surface area contributed by atoms with Crippen molar-refractivity contribution in [3.63, 3.8) is 0 Å². The van der Waals surface area contributed by atoms with Crippen LogP contribution in [0.2, 0.25) is 0 Å². The van der Waals surface area contributed by atoms with Crippen LogP contribution in [0.25, 0.3) is 0 Å². The number of hydrogen-bond acceptors (Lipinski definition) is 3. The van der Waals surface area contributed by atoms with Crippen molar-refractivity contribution in [1.82, 2.24) is 10.2 Å². The van der Waals surface area contributed by atoms with Crippen LogP contribution < -0.4 is 10.6 Å². The molecule has 2 aliphatic heterocycles. The molecule has 0 radical (unpaired) electrons. The molecular weight excluding hydrogens is 306 g/mol. The second-order valence-electron chi connectivity index (χ2n) is 6.36. The Labute approximate surface area is 142 Å². The molecular formula is C18H25N3O3. The second kappa shape index (κ2) is 8.15. The Morgan fingerprint density at radius 1 is 1.17 bits per heavy atom. The number of rotatable bonds is 5. The van der Waals surface area contributed by atoms with Crippen LogP contribution >= 0.6 is 0 Å². The minimum absolute atomic E-state index is 0.0614. The van der Waals surface area contributed by atoms with Crippen LogP contribution in [0, 0.1) is 0 Å². The van der Waals surface area contributed by atoms with Crippen LogP contribution in [0.15, 0.2) is 30.3 Å². The van der Waals surface area contributed by atoms with Gasteiger partial charge in [-0.15, -0.1) is 0 Å². The SMILES string of the molecule is O=C(NCCC1CCCO1)C1CCCN1C(=O)Nc1ccccc1. The van der Waals surface area contributed by atoms with Gasteiger partial charge in [0.1, 0.15) is 6.04 Å². The number of para-hydroxylation sites is 1. The Kier molecular flexibility index (Phi) is 5.69. The first kappa shape index (κ1) is 16.8. The van der Waals surface area contributed by atoms with Crippen molar-refractivity contribution in [3.8, 4) is 0 Å². The predicted molar refractivity (Wildman–Crippen MR) is 91.8 cm³/mol. The van der Waals surface area contributed by atoms with Gasteiger partial charge in [-0.25, -0.2) is 4.79 Å². The summed E-state index contributed by atoms with van der Waals surface area (Å²) >= 11 is 0. The van der Waals surface area contributed by atoms with E-state index in [1.165, 1.54) is 0 Å². The lowest BCUT2D eigenvalue weighted by atomic mass is 10.1. The zero-order valence-electron chi connectivity index (χ0n) is 13.9. The van der Waals surface area contributed by atoms with Crippen molar-refractivity contribution in [2.75, 3.05) is 25.0 Å². The van der Waals surface area contributed by atoms with Gasteiger partial charge in [-0.1, -0.05) is 18.2 Å². The zero-order chi connectivity index (χ0) is 16.8. The Bertz CT molecular complexity index is 558. The molecule has 1 aromatic carbocycles. The first-order chi connectivity index (χ1) is 11.7. The first-order valence-electron chi connectivity index (χ1n) is 8.76.